The quantitative estimate of drug-likeness (QED) is 0.864. The van der Waals surface area contributed by atoms with Crippen LogP contribution in [0.15, 0.2) is 24.3 Å². The predicted molar refractivity (Wildman–Crippen MR) is 75.8 cm³/mol. The van der Waals surface area contributed by atoms with Gasteiger partial charge in [0.15, 0.2) is 6.61 Å². The lowest BCUT2D eigenvalue weighted by Gasteiger charge is -2.31. The summed E-state index contributed by atoms with van der Waals surface area (Å²) in [5, 5.41) is 9.07. The monoisotopic (exact) mass is 279 g/mol. The van der Waals surface area contributed by atoms with E-state index in [1.54, 1.807) is 12.1 Å². The summed E-state index contributed by atoms with van der Waals surface area (Å²) in [6.07, 6.45) is 0.939. The molecule has 1 rings (SSSR count). The zero-order chi connectivity index (χ0) is 15.3. The number of aryl methyl sites for hydroxylation is 1. The Hall–Kier alpha value is -2.04. The van der Waals surface area contributed by atoms with E-state index in [9.17, 15) is 9.59 Å². The fourth-order valence-corrected chi connectivity index (χ4v) is 1.52. The van der Waals surface area contributed by atoms with Crippen molar-refractivity contribution >= 4 is 11.9 Å². The average molecular weight is 279 g/mol. The largest absolute Gasteiger partial charge is 0.484 e. The second-order valence-electron chi connectivity index (χ2n) is 5.10. The third kappa shape index (κ3) is 3.73. The van der Waals surface area contributed by atoms with E-state index in [2.05, 4.69) is 6.92 Å². The number of hydrogen-bond acceptors (Lipinski definition) is 3. The highest BCUT2D eigenvalue weighted by Gasteiger charge is 2.35. The zero-order valence-corrected chi connectivity index (χ0v) is 12.3. The third-order valence-electron chi connectivity index (χ3n) is 3.43. The molecule has 1 amide bonds. The van der Waals surface area contributed by atoms with Gasteiger partial charge in [-0.2, -0.15) is 0 Å². The molecule has 110 valence electrons. The highest BCUT2D eigenvalue weighted by atomic mass is 16.5. The van der Waals surface area contributed by atoms with Crippen LogP contribution >= 0.6 is 0 Å². The molecule has 0 bridgehead atoms. The Morgan fingerprint density at radius 3 is 2.25 bits per heavy atom. The van der Waals surface area contributed by atoms with Gasteiger partial charge in [0.05, 0.1) is 0 Å². The van der Waals surface area contributed by atoms with Gasteiger partial charge >= 0.3 is 5.97 Å². The minimum absolute atomic E-state index is 0.182. The topological polar surface area (TPSA) is 66.8 Å². The molecule has 1 aromatic carbocycles. The number of nitrogens with zero attached hydrogens (tertiary/aromatic N) is 1. The van der Waals surface area contributed by atoms with Crippen molar-refractivity contribution < 1.29 is 19.4 Å². The molecule has 0 aliphatic carbocycles. The maximum Gasteiger partial charge on any atom is 0.329 e. The summed E-state index contributed by atoms with van der Waals surface area (Å²) >= 11 is 0. The zero-order valence-electron chi connectivity index (χ0n) is 12.3. The van der Waals surface area contributed by atoms with E-state index in [1.165, 1.54) is 31.4 Å². The second kappa shape index (κ2) is 6.41. The Bertz CT molecular complexity index is 479. The molecule has 0 saturated heterocycles. The molecule has 0 aliphatic rings. The fraction of sp³-hybridized carbons (Fsp3) is 0.467. The molecule has 5 nitrogen and oxygen atoms in total. The fourth-order valence-electron chi connectivity index (χ4n) is 1.52. The first kappa shape index (κ1) is 16.0. The van der Waals surface area contributed by atoms with E-state index in [-0.39, 0.29) is 12.5 Å². The maximum absolute atomic E-state index is 11.9. The summed E-state index contributed by atoms with van der Waals surface area (Å²) in [7, 11) is 1.46. The number of rotatable bonds is 6. The van der Waals surface area contributed by atoms with Crippen molar-refractivity contribution in [3.05, 3.63) is 29.8 Å². The van der Waals surface area contributed by atoms with Gasteiger partial charge in [-0.05, 0) is 38.0 Å². The van der Waals surface area contributed by atoms with Gasteiger partial charge in [0.2, 0.25) is 0 Å². The molecule has 0 aromatic heterocycles. The van der Waals surface area contributed by atoms with Crippen molar-refractivity contribution in [1.29, 1.82) is 0 Å². The molecule has 0 saturated carbocycles. The minimum atomic E-state index is -1.26. The van der Waals surface area contributed by atoms with Crippen LogP contribution in [-0.2, 0) is 16.0 Å². The van der Waals surface area contributed by atoms with Crippen molar-refractivity contribution in [2.24, 2.45) is 0 Å². The number of aliphatic carboxylic acids is 1. The molecule has 0 heterocycles. The molecule has 20 heavy (non-hydrogen) atoms. The van der Waals surface area contributed by atoms with Gasteiger partial charge in [-0.15, -0.1) is 0 Å². The molecule has 0 fully saturated rings. The minimum Gasteiger partial charge on any atom is -0.484 e. The van der Waals surface area contributed by atoms with Gasteiger partial charge in [0.1, 0.15) is 11.3 Å². The van der Waals surface area contributed by atoms with Crippen LogP contribution in [0.5, 0.6) is 5.75 Å². The first-order valence-corrected chi connectivity index (χ1v) is 6.50. The number of carboxylic acid groups (broad SMARTS) is 1. The predicted octanol–water partition coefficient (Wildman–Crippen LogP) is 1.95. The van der Waals surface area contributed by atoms with Crippen LogP contribution in [0, 0.1) is 0 Å². The van der Waals surface area contributed by atoms with Crippen LogP contribution < -0.4 is 4.74 Å². The van der Waals surface area contributed by atoms with Gasteiger partial charge in [-0.25, -0.2) is 4.79 Å². The number of carbonyl (C=O) groups is 2. The van der Waals surface area contributed by atoms with Crippen molar-refractivity contribution in [2.45, 2.75) is 32.7 Å². The molecule has 0 aliphatic heterocycles. The maximum atomic E-state index is 11.9. The van der Waals surface area contributed by atoms with Gasteiger partial charge in [0, 0.05) is 7.05 Å². The molecular weight excluding hydrogens is 258 g/mol. The van der Waals surface area contributed by atoms with Crippen LogP contribution in [0.2, 0.25) is 0 Å². The van der Waals surface area contributed by atoms with Gasteiger partial charge in [-0.3, -0.25) is 4.79 Å². The number of likely N-dealkylation sites (N-methyl/N-ethyl adjacent to an activating group) is 1. The number of benzene rings is 1. The van der Waals surface area contributed by atoms with Gasteiger partial charge < -0.3 is 14.7 Å². The van der Waals surface area contributed by atoms with E-state index < -0.39 is 11.5 Å². The first-order valence-electron chi connectivity index (χ1n) is 6.50. The Morgan fingerprint density at radius 2 is 1.80 bits per heavy atom. The summed E-state index contributed by atoms with van der Waals surface area (Å²) in [4.78, 5) is 24.2. The Labute approximate surface area is 119 Å². The number of ether oxygens (including phenoxy) is 1. The van der Waals surface area contributed by atoms with E-state index >= 15 is 0 Å². The number of hydrogen-bond donors (Lipinski definition) is 1. The van der Waals surface area contributed by atoms with Crippen LogP contribution in [0.4, 0.5) is 0 Å². The lowest BCUT2D eigenvalue weighted by Crippen LogP contribution is -2.52. The molecule has 0 radical (unpaired) electrons. The summed E-state index contributed by atoms with van der Waals surface area (Å²) in [6.45, 7) is 4.83. The first-order chi connectivity index (χ1) is 9.28. The van der Waals surface area contributed by atoms with Crippen LogP contribution in [0.1, 0.15) is 26.3 Å². The lowest BCUT2D eigenvalue weighted by molar-refractivity contribution is -0.156. The van der Waals surface area contributed by atoms with Crippen molar-refractivity contribution in [3.8, 4) is 5.75 Å². The Morgan fingerprint density at radius 1 is 1.25 bits per heavy atom. The summed E-state index contributed by atoms with van der Waals surface area (Å²) < 4.78 is 5.38. The summed E-state index contributed by atoms with van der Waals surface area (Å²) in [5.74, 6) is -0.838. The van der Waals surface area contributed by atoms with Crippen LogP contribution in [0.3, 0.4) is 0 Å². The standard InChI is InChI=1S/C15H21NO4/c1-5-11-6-8-12(9-7-11)20-10-13(17)16(4)15(2,3)14(18)19/h6-9H,5,10H2,1-4H3,(H,18,19). The molecule has 1 aromatic rings. The van der Waals surface area contributed by atoms with E-state index in [0.717, 1.165) is 6.42 Å². The summed E-state index contributed by atoms with van der Waals surface area (Å²) in [5.41, 5.74) is -0.0696. The number of carbonyl (C=O) groups excluding carboxylic acids is 1. The molecule has 5 heteroatoms. The van der Waals surface area contributed by atoms with E-state index in [0.29, 0.717) is 5.75 Å². The van der Waals surface area contributed by atoms with E-state index in [4.69, 9.17) is 9.84 Å². The average Bonchev–Trinajstić information content (AvgIpc) is 2.44. The van der Waals surface area contributed by atoms with Gasteiger partial charge in [0.25, 0.3) is 5.91 Å². The molecule has 0 atom stereocenters. The highest BCUT2D eigenvalue weighted by molar-refractivity contribution is 5.86. The smallest absolute Gasteiger partial charge is 0.329 e. The third-order valence-corrected chi connectivity index (χ3v) is 3.43. The second-order valence-corrected chi connectivity index (χ2v) is 5.10. The van der Waals surface area contributed by atoms with Crippen molar-refractivity contribution in [3.63, 3.8) is 0 Å². The highest BCUT2D eigenvalue weighted by Crippen LogP contribution is 2.15. The Balaban J connectivity index is 2.60. The summed E-state index contributed by atoms with van der Waals surface area (Å²) in [6, 6.07) is 7.47. The number of carboxylic acids is 1. The van der Waals surface area contributed by atoms with Crippen LogP contribution in [0.25, 0.3) is 0 Å². The van der Waals surface area contributed by atoms with Crippen molar-refractivity contribution in [1.82, 2.24) is 4.90 Å². The van der Waals surface area contributed by atoms with Crippen LogP contribution in [-0.4, -0.2) is 41.1 Å². The molecule has 0 unspecified atom stereocenters. The number of amides is 1. The molecule has 1 N–H and O–H groups in total. The lowest BCUT2D eigenvalue weighted by atomic mass is 10.0. The SMILES string of the molecule is CCc1ccc(OCC(=O)N(C)C(C)(C)C(=O)O)cc1. The molecular formula is C15H21NO4. The Kier molecular flexibility index (Phi) is 5.13. The molecule has 0 spiro atoms. The van der Waals surface area contributed by atoms with Crippen molar-refractivity contribution in [2.75, 3.05) is 13.7 Å². The van der Waals surface area contributed by atoms with E-state index in [1.807, 2.05) is 12.1 Å². The normalized spacial score (nSPS) is 11.0. The van der Waals surface area contributed by atoms with Gasteiger partial charge in [-0.1, -0.05) is 19.1 Å².